The summed E-state index contributed by atoms with van der Waals surface area (Å²) < 4.78 is 0. The number of hydrogen-bond acceptors (Lipinski definition) is 4. The van der Waals surface area contributed by atoms with Crippen LogP contribution >= 0.6 is 0 Å². The SMILES string of the molecule is CC(O)CCN(C)C(=O)C(=O)N1CCNCC1. The van der Waals surface area contributed by atoms with Gasteiger partial charge in [0, 0.05) is 39.8 Å². The molecule has 0 bridgehead atoms. The van der Waals surface area contributed by atoms with Crippen LogP contribution < -0.4 is 5.32 Å². The van der Waals surface area contributed by atoms with Crippen LogP contribution in [0.2, 0.25) is 0 Å². The molecule has 1 atom stereocenters. The number of aliphatic hydroxyl groups is 1. The van der Waals surface area contributed by atoms with Crippen LogP contribution in [0.1, 0.15) is 13.3 Å². The average molecular weight is 243 g/mol. The monoisotopic (exact) mass is 243 g/mol. The van der Waals surface area contributed by atoms with Crippen LogP contribution in [0.3, 0.4) is 0 Å². The van der Waals surface area contributed by atoms with Crippen molar-refractivity contribution in [1.29, 1.82) is 0 Å². The molecule has 17 heavy (non-hydrogen) atoms. The largest absolute Gasteiger partial charge is 0.393 e. The third kappa shape index (κ3) is 4.32. The zero-order chi connectivity index (χ0) is 12.8. The van der Waals surface area contributed by atoms with Gasteiger partial charge in [-0.25, -0.2) is 0 Å². The van der Waals surface area contributed by atoms with Crippen molar-refractivity contribution in [2.75, 3.05) is 39.8 Å². The summed E-state index contributed by atoms with van der Waals surface area (Å²) in [6, 6.07) is 0. The molecule has 2 N–H and O–H groups in total. The van der Waals surface area contributed by atoms with Crippen molar-refractivity contribution in [2.45, 2.75) is 19.4 Å². The zero-order valence-electron chi connectivity index (χ0n) is 10.5. The number of amides is 2. The van der Waals surface area contributed by atoms with E-state index in [1.54, 1.807) is 18.9 Å². The fraction of sp³-hybridized carbons (Fsp3) is 0.818. The molecule has 1 saturated heterocycles. The van der Waals surface area contributed by atoms with Crippen molar-refractivity contribution in [1.82, 2.24) is 15.1 Å². The maximum Gasteiger partial charge on any atom is 0.312 e. The Morgan fingerprint density at radius 1 is 1.41 bits per heavy atom. The van der Waals surface area contributed by atoms with Crippen LogP contribution in [-0.4, -0.2) is 72.6 Å². The summed E-state index contributed by atoms with van der Waals surface area (Å²) in [7, 11) is 1.59. The third-order valence-corrected chi connectivity index (χ3v) is 2.82. The summed E-state index contributed by atoms with van der Waals surface area (Å²) in [5, 5.41) is 12.3. The van der Waals surface area contributed by atoms with Gasteiger partial charge in [-0.3, -0.25) is 9.59 Å². The van der Waals surface area contributed by atoms with Crippen LogP contribution in [0.4, 0.5) is 0 Å². The van der Waals surface area contributed by atoms with Crippen LogP contribution in [0, 0.1) is 0 Å². The number of piperazine rings is 1. The van der Waals surface area contributed by atoms with Gasteiger partial charge in [0.25, 0.3) is 0 Å². The second-order valence-electron chi connectivity index (χ2n) is 4.41. The number of rotatable bonds is 3. The van der Waals surface area contributed by atoms with E-state index in [1.165, 1.54) is 4.90 Å². The molecule has 0 radical (unpaired) electrons. The zero-order valence-corrected chi connectivity index (χ0v) is 10.5. The molecular weight excluding hydrogens is 222 g/mol. The lowest BCUT2D eigenvalue weighted by Gasteiger charge is -2.28. The standard InChI is InChI=1S/C11H21N3O3/c1-9(15)3-6-13(2)10(16)11(17)14-7-4-12-5-8-14/h9,12,15H,3-8H2,1-2H3. The lowest BCUT2D eigenvalue weighted by molar-refractivity contribution is -0.151. The van der Waals surface area contributed by atoms with E-state index in [4.69, 9.17) is 5.11 Å². The highest BCUT2D eigenvalue weighted by molar-refractivity contribution is 6.34. The highest BCUT2D eigenvalue weighted by Crippen LogP contribution is 1.99. The van der Waals surface area contributed by atoms with Gasteiger partial charge >= 0.3 is 11.8 Å². The number of aliphatic hydroxyl groups excluding tert-OH is 1. The van der Waals surface area contributed by atoms with Crippen molar-refractivity contribution in [2.24, 2.45) is 0 Å². The van der Waals surface area contributed by atoms with Gasteiger partial charge in [0.15, 0.2) is 0 Å². The van der Waals surface area contributed by atoms with E-state index in [0.29, 0.717) is 26.1 Å². The molecule has 0 spiro atoms. The number of carbonyl (C=O) groups is 2. The molecule has 6 heteroatoms. The van der Waals surface area contributed by atoms with Crippen molar-refractivity contribution < 1.29 is 14.7 Å². The Balaban J connectivity index is 2.41. The van der Waals surface area contributed by atoms with Gasteiger partial charge in [0.2, 0.25) is 0 Å². The molecule has 1 aliphatic heterocycles. The number of nitrogens with one attached hydrogen (secondary N) is 1. The summed E-state index contributed by atoms with van der Waals surface area (Å²) in [4.78, 5) is 26.6. The third-order valence-electron chi connectivity index (χ3n) is 2.82. The average Bonchev–Trinajstić information content (AvgIpc) is 2.35. The lowest BCUT2D eigenvalue weighted by atomic mass is 10.2. The van der Waals surface area contributed by atoms with Crippen molar-refractivity contribution in [3.8, 4) is 0 Å². The fourth-order valence-electron chi connectivity index (χ4n) is 1.65. The van der Waals surface area contributed by atoms with E-state index >= 15 is 0 Å². The molecule has 98 valence electrons. The van der Waals surface area contributed by atoms with E-state index in [1.807, 2.05) is 0 Å². The van der Waals surface area contributed by atoms with E-state index < -0.39 is 17.9 Å². The Hall–Kier alpha value is -1.14. The first kappa shape index (κ1) is 13.9. The van der Waals surface area contributed by atoms with Crippen molar-refractivity contribution >= 4 is 11.8 Å². The Morgan fingerprint density at radius 2 is 2.00 bits per heavy atom. The van der Waals surface area contributed by atoms with E-state index in [9.17, 15) is 9.59 Å². The number of likely N-dealkylation sites (N-methyl/N-ethyl adjacent to an activating group) is 1. The first-order chi connectivity index (χ1) is 8.02. The van der Waals surface area contributed by atoms with Gasteiger partial charge in [-0.05, 0) is 13.3 Å². The minimum atomic E-state index is -0.493. The summed E-state index contributed by atoms with van der Waals surface area (Å²) in [6.45, 7) is 4.68. The second-order valence-corrected chi connectivity index (χ2v) is 4.41. The molecule has 1 aliphatic rings. The molecule has 0 aromatic heterocycles. The van der Waals surface area contributed by atoms with Gasteiger partial charge < -0.3 is 20.2 Å². The van der Waals surface area contributed by atoms with Gasteiger partial charge in [0.05, 0.1) is 6.10 Å². The Labute approximate surface area is 102 Å². The van der Waals surface area contributed by atoms with Gasteiger partial charge in [-0.2, -0.15) is 0 Å². The fourth-order valence-corrected chi connectivity index (χ4v) is 1.65. The summed E-state index contributed by atoms with van der Waals surface area (Å²) in [5.41, 5.74) is 0. The maximum atomic E-state index is 11.8. The number of nitrogens with zero attached hydrogens (tertiary/aromatic N) is 2. The normalized spacial score (nSPS) is 17.7. The summed E-state index contributed by atoms with van der Waals surface area (Å²) >= 11 is 0. The van der Waals surface area contributed by atoms with Crippen LogP contribution in [-0.2, 0) is 9.59 Å². The molecule has 1 rings (SSSR count). The predicted molar refractivity (Wildman–Crippen MR) is 63.4 cm³/mol. The molecule has 1 fully saturated rings. The van der Waals surface area contributed by atoms with Crippen LogP contribution in [0.5, 0.6) is 0 Å². The Bertz CT molecular complexity index is 275. The second kappa shape index (κ2) is 6.56. The first-order valence-corrected chi connectivity index (χ1v) is 5.95. The molecule has 1 unspecified atom stereocenters. The Morgan fingerprint density at radius 3 is 2.53 bits per heavy atom. The van der Waals surface area contributed by atoms with Crippen molar-refractivity contribution in [3.63, 3.8) is 0 Å². The van der Waals surface area contributed by atoms with E-state index in [-0.39, 0.29) is 0 Å². The topological polar surface area (TPSA) is 72.9 Å². The van der Waals surface area contributed by atoms with E-state index in [2.05, 4.69) is 5.32 Å². The molecule has 2 amide bonds. The molecule has 0 aliphatic carbocycles. The first-order valence-electron chi connectivity index (χ1n) is 5.95. The number of carbonyl (C=O) groups excluding carboxylic acids is 2. The highest BCUT2D eigenvalue weighted by Gasteiger charge is 2.25. The van der Waals surface area contributed by atoms with Gasteiger partial charge in [-0.1, -0.05) is 0 Å². The van der Waals surface area contributed by atoms with Crippen LogP contribution in [0.25, 0.3) is 0 Å². The number of hydrogen-bond donors (Lipinski definition) is 2. The smallest absolute Gasteiger partial charge is 0.312 e. The molecule has 1 heterocycles. The van der Waals surface area contributed by atoms with Gasteiger partial charge in [-0.15, -0.1) is 0 Å². The van der Waals surface area contributed by atoms with E-state index in [0.717, 1.165) is 13.1 Å². The highest BCUT2D eigenvalue weighted by atomic mass is 16.3. The molecule has 0 saturated carbocycles. The summed E-state index contributed by atoms with van der Waals surface area (Å²) in [6.07, 6.45) is 0.0244. The Kier molecular flexibility index (Phi) is 5.37. The molecule has 0 aromatic rings. The quantitative estimate of drug-likeness (QED) is 0.601. The van der Waals surface area contributed by atoms with Gasteiger partial charge in [0.1, 0.15) is 0 Å². The summed E-state index contributed by atoms with van der Waals surface area (Å²) in [5.74, 6) is -0.938. The lowest BCUT2D eigenvalue weighted by Crippen LogP contribution is -2.51. The minimum Gasteiger partial charge on any atom is -0.393 e. The van der Waals surface area contributed by atoms with Crippen molar-refractivity contribution in [3.05, 3.63) is 0 Å². The molecule has 0 aromatic carbocycles. The van der Waals surface area contributed by atoms with Crippen LogP contribution in [0.15, 0.2) is 0 Å². The molecular formula is C11H21N3O3. The maximum absolute atomic E-state index is 11.8. The predicted octanol–water partition coefficient (Wildman–Crippen LogP) is -1.35. The minimum absolute atomic E-state index is 0.397. The molecule has 6 nitrogen and oxygen atoms in total.